The van der Waals surface area contributed by atoms with Gasteiger partial charge < -0.3 is 15.4 Å². The lowest BCUT2D eigenvalue weighted by Gasteiger charge is -2.20. The zero-order chi connectivity index (χ0) is 12.3. The molecule has 1 rings (SSSR count). The normalized spacial score (nSPS) is 14.4. The monoisotopic (exact) mass is 225 g/mol. The summed E-state index contributed by atoms with van der Waals surface area (Å²) in [6, 6.07) is 0. The number of carbonyl (C=O) groups excluding carboxylic acids is 1. The van der Waals surface area contributed by atoms with Crippen molar-refractivity contribution >= 4 is 11.9 Å². The zero-order valence-electron chi connectivity index (χ0n) is 9.30. The van der Waals surface area contributed by atoms with Gasteiger partial charge in [-0.25, -0.2) is 4.98 Å². The van der Waals surface area contributed by atoms with Gasteiger partial charge >= 0.3 is 5.97 Å². The van der Waals surface area contributed by atoms with Crippen molar-refractivity contribution < 1.29 is 14.7 Å². The summed E-state index contributed by atoms with van der Waals surface area (Å²) < 4.78 is 1.78. The van der Waals surface area contributed by atoms with Crippen molar-refractivity contribution in [3.63, 3.8) is 0 Å². The van der Waals surface area contributed by atoms with Crippen molar-refractivity contribution in [2.45, 2.75) is 19.8 Å². The summed E-state index contributed by atoms with van der Waals surface area (Å²) in [5.74, 6) is -1.29. The summed E-state index contributed by atoms with van der Waals surface area (Å²) in [6.45, 7) is 1.33. The Bertz CT molecular complexity index is 397. The molecule has 1 atom stereocenters. The Hall–Kier alpha value is -1.85. The van der Waals surface area contributed by atoms with Crippen molar-refractivity contribution in [2.75, 3.05) is 0 Å². The minimum Gasteiger partial charge on any atom is -0.480 e. The molecular weight excluding hydrogens is 210 g/mol. The Morgan fingerprint density at radius 1 is 1.62 bits per heavy atom. The topological polar surface area (TPSA) is 98.2 Å². The number of primary amides is 1. The van der Waals surface area contributed by atoms with Crippen LogP contribution in [0.5, 0.6) is 0 Å². The highest BCUT2D eigenvalue weighted by Gasteiger charge is 2.39. The number of carboxylic acids is 1. The summed E-state index contributed by atoms with van der Waals surface area (Å²) in [5, 5.41) is 8.97. The van der Waals surface area contributed by atoms with Crippen molar-refractivity contribution in [2.24, 2.45) is 18.2 Å². The molecule has 88 valence electrons. The van der Waals surface area contributed by atoms with E-state index in [2.05, 4.69) is 4.98 Å². The lowest BCUT2D eigenvalue weighted by molar-refractivity contribution is -0.153. The maximum atomic E-state index is 11.1. The van der Waals surface area contributed by atoms with E-state index in [9.17, 15) is 9.59 Å². The van der Waals surface area contributed by atoms with Crippen molar-refractivity contribution in [1.29, 1.82) is 0 Å². The highest BCUT2D eigenvalue weighted by atomic mass is 16.4. The predicted molar refractivity (Wildman–Crippen MR) is 56.5 cm³/mol. The maximum Gasteiger partial charge on any atom is 0.318 e. The number of nitrogens with two attached hydrogens (primary N) is 1. The van der Waals surface area contributed by atoms with Gasteiger partial charge in [0.2, 0.25) is 5.91 Å². The number of hydrogen-bond acceptors (Lipinski definition) is 3. The second kappa shape index (κ2) is 4.34. The highest BCUT2D eigenvalue weighted by molar-refractivity contribution is 6.00. The minimum atomic E-state index is -1.54. The van der Waals surface area contributed by atoms with Gasteiger partial charge in [0.25, 0.3) is 0 Å². The summed E-state index contributed by atoms with van der Waals surface area (Å²) in [5.41, 5.74) is 3.57. The molecule has 0 bridgehead atoms. The van der Waals surface area contributed by atoms with Gasteiger partial charge in [-0.3, -0.25) is 9.59 Å². The molecule has 6 heteroatoms. The fourth-order valence-corrected chi connectivity index (χ4v) is 1.33. The SMILES string of the molecule is Cn1ccnc1CCC(C)(C(N)=O)C(=O)O. The number of rotatable bonds is 5. The first-order chi connectivity index (χ1) is 7.38. The quantitative estimate of drug-likeness (QED) is 0.685. The van der Waals surface area contributed by atoms with Crippen LogP contribution in [-0.2, 0) is 23.1 Å². The zero-order valence-corrected chi connectivity index (χ0v) is 9.30. The van der Waals surface area contributed by atoms with E-state index in [0.29, 0.717) is 6.42 Å². The van der Waals surface area contributed by atoms with Crippen molar-refractivity contribution in [1.82, 2.24) is 9.55 Å². The number of aliphatic carboxylic acids is 1. The summed E-state index contributed by atoms with van der Waals surface area (Å²) in [4.78, 5) is 26.2. The Balaban J connectivity index is 2.76. The van der Waals surface area contributed by atoms with Crippen LogP contribution in [-0.4, -0.2) is 26.5 Å². The Morgan fingerprint density at radius 2 is 2.25 bits per heavy atom. The number of carbonyl (C=O) groups is 2. The first-order valence-electron chi connectivity index (χ1n) is 4.87. The number of carboxylic acid groups (broad SMARTS) is 1. The second-order valence-corrected chi connectivity index (χ2v) is 3.96. The van der Waals surface area contributed by atoms with Crippen LogP contribution in [0.1, 0.15) is 19.2 Å². The maximum absolute atomic E-state index is 11.1. The van der Waals surface area contributed by atoms with Gasteiger partial charge in [-0.2, -0.15) is 0 Å². The van der Waals surface area contributed by atoms with Gasteiger partial charge in [0.1, 0.15) is 11.2 Å². The van der Waals surface area contributed by atoms with E-state index in [4.69, 9.17) is 10.8 Å². The molecular formula is C10H15N3O3. The van der Waals surface area contributed by atoms with E-state index in [1.165, 1.54) is 6.92 Å². The molecule has 1 aromatic rings. The molecule has 0 radical (unpaired) electrons. The lowest BCUT2D eigenvalue weighted by Crippen LogP contribution is -2.41. The molecule has 0 aliphatic rings. The molecule has 1 unspecified atom stereocenters. The number of aromatic nitrogens is 2. The van der Waals surface area contributed by atoms with E-state index in [-0.39, 0.29) is 6.42 Å². The molecule has 0 saturated carbocycles. The Labute approximate surface area is 93.1 Å². The molecule has 0 aliphatic carbocycles. The number of hydrogen-bond donors (Lipinski definition) is 2. The van der Waals surface area contributed by atoms with Gasteiger partial charge in [-0.1, -0.05) is 0 Å². The average molecular weight is 225 g/mol. The minimum absolute atomic E-state index is 0.141. The van der Waals surface area contributed by atoms with Gasteiger partial charge in [0, 0.05) is 25.9 Å². The highest BCUT2D eigenvalue weighted by Crippen LogP contribution is 2.23. The first-order valence-corrected chi connectivity index (χ1v) is 4.87. The Morgan fingerprint density at radius 3 is 2.62 bits per heavy atom. The van der Waals surface area contributed by atoms with Crippen LogP contribution in [0.2, 0.25) is 0 Å². The number of amides is 1. The number of nitrogens with zero attached hydrogens (tertiary/aromatic N) is 2. The van der Waals surface area contributed by atoms with Crippen molar-refractivity contribution in [3.8, 4) is 0 Å². The summed E-state index contributed by atoms with van der Waals surface area (Å²) in [6.07, 6.45) is 3.92. The van der Waals surface area contributed by atoms with E-state index >= 15 is 0 Å². The van der Waals surface area contributed by atoms with Gasteiger partial charge in [0.15, 0.2) is 0 Å². The third kappa shape index (κ3) is 2.21. The van der Waals surface area contributed by atoms with Gasteiger partial charge in [-0.05, 0) is 13.3 Å². The van der Waals surface area contributed by atoms with E-state index in [0.717, 1.165) is 5.82 Å². The third-order valence-corrected chi connectivity index (χ3v) is 2.79. The largest absolute Gasteiger partial charge is 0.480 e. The van der Waals surface area contributed by atoms with E-state index in [1.54, 1.807) is 17.0 Å². The molecule has 0 saturated heterocycles. The molecule has 0 aliphatic heterocycles. The molecule has 0 fully saturated rings. The van der Waals surface area contributed by atoms with Crippen LogP contribution in [0.3, 0.4) is 0 Å². The third-order valence-electron chi connectivity index (χ3n) is 2.79. The van der Waals surface area contributed by atoms with Gasteiger partial charge in [0.05, 0.1) is 0 Å². The smallest absolute Gasteiger partial charge is 0.318 e. The molecule has 1 aromatic heterocycles. The van der Waals surface area contributed by atoms with Crippen LogP contribution in [0.4, 0.5) is 0 Å². The lowest BCUT2D eigenvalue weighted by atomic mass is 9.84. The van der Waals surface area contributed by atoms with Crippen molar-refractivity contribution in [3.05, 3.63) is 18.2 Å². The molecule has 0 aromatic carbocycles. The summed E-state index contributed by atoms with van der Waals surface area (Å²) >= 11 is 0. The fraction of sp³-hybridized carbons (Fsp3) is 0.500. The molecule has 0 spiro atoms. The van der Waals surface area contributed by atoms with Crippen LogP contribution < -0.4 is 5.73 Å². The predicted octanol–water partition coefficient (Wildman–Crippen LogP) is -0.0711. The van der Waals surface area contributed by atoms with E-state index in [1.807, 2.05) is 7.05 Å². The van der Waals surface area contributed by atoms with Crippen LogP contribution >= 0.6 is 0 Å². The summed E-state index contributed by atoms with van der Waals surface area (Å²) in [7, 11) is 1.81. The van der Waals surface area contributed by atoms with Crippen LogP contribution in [0.15, 0.2) is 12.4 Å². The molecule has 6 nitrogen and oxygen atoms in total. The average Bonchev–Trinajstić information content (AvgIpc) is 2.59. The number of aryl methyl sites for hydroxylation is 2. The molecule has 1 heterocycles. The molecule has 3 N–H and O–H groups in total. The van der Waals surface area contributed by atoms with Crippen LogP contribution in [0.25, 0.3) is 0 Å². The van der Waals surface area contributed by atoms with Gasteiger partial charge in [-0.15, -0.1) is 0 Å². The molecule has 16 heavy (non-hydrogen) atoms. The fourth-order valence-electron chi connectivity index (χ4n) is 1.33. The Kier molecular flexibility index (Phi) is 3.31. The second-order valence-electron chi connectivity index (χ2n) is 3.96. The van der Waals surface area contributed by atoms with E-state index < -0.39 is 17.3 Å². The molecule has 1 amide bonds. The number of imidazole rings is 1. The van der Waals surface area contributed by atoms with Crippen LogP contribution in [0, 0.1) is 5.41 Å². The first kappa shape index (κ1) is 12.2. The standard InChI is InChI=1S/C10H15N3O3/c1-10(8(11)14,9(15)16)4-3-7-12-5-6-13(7)2/h5-6H,3-4H2,1-2H3,(H2,11,14)(H,15,16).